The zero-order valence-corrected chi connectivity index (χ0v) is 7.38. The van der Waals surface area contributed by atoms with Crippen molar-refractivity contribution in [2.75, 3.05) is 0 Å². The number of nitrogens with one attached hydrogen (secondary N) is 2. The van der Waals surface area contributed by atoms with Crippen LogP contribution in [0.3, 0.4) is 0 Å². The third-order valence-electron chi connectivity index (χ3n) is 1.70. The van der Waals surface area contributed by atoms with Crippen LogP contribution in [0.2, 0.25) is 0 Å². The molecule has 76 valence electrons. The molecular weight excluding hydrogens is 200 g/mol. The minimum atomic E-state index is -0.694. The Morgan fingerprint density at radius 1 is 1.53 bits per heavy atom. The number of nitrogens with zero attached hydrogens (tertiary/aromatic N) is 4. The van der Waals surface area contributed by atoms with Crippen LogP contribution in [-0.2, 0) is 0 Å². The summed E-state index contributed by atoms with van der Waals surface area (Å²) in [7, 11) is 0. The van der Waals surface area contributed by atoms with Crippen molar-refractivity contribution in [2.45, 2.75) is 0 Å². The van der Waals surface area contributed by atoms with Crippen LogP contribution in [0.4, 0.5) is 0 Å². The van der Waals surface area contributed by atoms with Crippen molar-refractivity contribution >= 4 is 5.91 Å². The average molecular weight is 206 g/mol. The van der Waals surface area contributed by atoms with Gasteiger partial charge in [0.2, 0.25) is 5.82 Å². The third kappa shape index (κ3) is 1.79. The molecule has 0 aliphatic rings. The second-order valence-corrected chi connectivity index (χ2v) is 2.61. The fourth-order valence-electron chi connectivity index (χ4n) is 1.04. The Labute approximate surface area is 83.3 Å². The summed E-state index contributed by atoms with van der Waals surface area (Å²) in [6, 6.07) is 3.06. The Morgan fingerprint density at radius 2 is 2.40 bits per heavy atom. The lowest BCUT2D eigenvalue weighted by atomic mass is 10.2. The predicted molar refractivity (Wildman–Crippen MR) is 46.7 cm³/mol. The zero-order chi connectivity index (χ0) is 10.7. The Morgan fingerprint density at radius 3 is 3.07 bits per heavy atom. The number of hydrogen-bond acceptors (Lipinski definition) is 6. The van der Waals surface area contributed by atoms with Crippen molar-refractivity contribution in [1.29, 1.82) is 0 Å². The number of amides is 1. The van der Waals surface area contributed by atoms with Crippen molar-refractivity contribution in [2.24, 2.45) is 0 Å². The van der Waals surface area contributed by atoms with Crippen LogP contribution in [0.25, 0.3) is 11.4 Å². The summed E-state index contributed by atoms with van der Waals surface area (Å²) in [5.74, 6) is -0.343. The van der Waals surface area contributed by atoms with Crippen LogP contribution >= 0.6 is 0 Å². The number of aromatic amines is 1. The highest BCUT2D eigenvalue weighted by Crippen LogP contribution is 2.12. The second kappa shape index (κ2) is 3.80. The first kappa shape index (κ1) is 9.21. The molecule has 2 aromatic heterocycles. The van der Waals surface area contributed by atoms with Crippen molar-refractivity contribution in [1.82, 2.24) is 31.1 Å². The molecule has 0 radical (unpaired) electrons. The van der Waals surface area contributed by atoms with E-state index in [9.17, 15) is 4.79 Å². The van der Waals surface area contributed by atoms with E-state index in [1.54, 1.807) is 6.07 Å². The molecule has 0 aliphatic carbocycles. The summed E-state index contributed by atoms with van der Waals surface area (Å²) in [4.78, 5) is 14.8. The van der Waals surface area contributed by atoms with E-state index in [-0.39, 0.29) is 5.69 Å². The highest BCUT2D eigenvalue weighted by atomic mass is 16.5. The summed E-state index contributed by atoms with van der Waals surface area (Å²) >= 11 is 0. The lowest BCUT2D eigenvalue weighted by molar-refractivity contribution is 0.0701. The quantitative estimate of drug-likeness (QED) is 0.445. The van der Waals surface area contributed by atoms with Gasteiger partial charge in [0.05, 0.1) is 0 Å². The van der Waals surface area contributed by atoms with Crippen LogP contribution in [0, 0.1) is 0 Å². The van der Waals surface area contributed by atoms with Crippen LogP contribution in [0.15, 0.2) is 18.3 Å². The lowest BCUT2D eigenvalue weighted by Gasteiger charge is -1.98. The molecule has 0 saturated carbocycles. The standard InChI is InChI=1S/C7H6N6O2/c14-7(11-15)5-3-4(1-2-8-5)6-9-12-13-10-6/h1-3,15H,(H,11,14)(H,9,10,12,13). The minimum absolute atomic E-state index is 0.0693. The van der Waals surface area contributed by atoms with Gasteiger partial charge in [-0.2, -0.15) is 5.21 Å². The number of aromatic nitrogens is 5. The average Bonchev–Trinajstić information content (AvgIpc) is 2.82. The number of carbonyl (C=O) groups excluding carboxylic acids is 1. The van der Waals surface area contributed by atoms with E-state index in [4.69, 9.17) is 5.21 Å². The molecule has 0 fully saturated rings. The molecule has 2 rings (SSSR count). The molecule has 0 aliphatic heterocycles. The van der Waals surface area contributed by atoms with Gasteiger partial charge in [-0.05, 0) is 17.3 Å². The maximum absolute atomic E-state index is 11.0. The molecule has 3 N–H and O–H groups in total. The Kier molecular flexibility index (Phi) is 2.33. The summed E-state index contributed by atoms with van der Waals surface area (Å²) in [5, 5.41) is 21.6. The summed E-state index contributed by atoms with van der Waals surface area (Å²) in [6.45, 7) is 0. The van der Waals surface area contributed by atoms with Gasteiger partial charge in [0.25, 0.3) is 5.91 Å². The largest absolute Gasteiger partial charge is 0.293 e. The SMILES string of the molecule is O=C(NO)c1cc(-c2nn[nH]n2)ccn1. The fourth-order valence-corrected chi connectivity index (χ4v) is 1.04. The zero-order valence-electron chi connectivity index (χ0n) is 7.38. The summed E-state index contributed by atoms with van der Waals surface area (Å²) in [5.41, 5.74) is 2.14. The van der Waals surface area contributed by atoms with E-state index in [1.165, 1.54) is 17.7 Å². The summed E-state index contributed by atoms with van der Waals surface area (Å²) in [6.07, 6.45) is 1.41. The Balaban J connectivity index is 2.39. The topological polar surface area (TPSA) is 117 Å². The molecule has 0 unspecified atom stereocenters. The molecule has 0 aromatic carbocycles. The number of hydroxylamine groups is 1. The molecule has 8 heteroatoms. The van der Waals surface area contributed by atoms with E-state index < -0.39 is 5.91 Å². The van der Waals surface area contributed by atoms with Gasteiger partial charge in [0.1, 0.15) is 5.69 Å². The predicted octanol–water partition coefficient (Wildman–Crippen LogP) is -0.619. The van der Waals surface area contributed by atoms with Crippen molar-refractivity contribution in [3.8, 4) is 11.4 Å². The van der Waals surface area contributed by atoms with Crippen molar-refractivity contribution in [3.63, 3.8) is 0 Å². The Bertz CT molecular complexity index is 468. The lowest BCUT2D eigenvalue weighted by Crippen LogP contribution is -2.19. The second-order valence-electron chi connectivity index (χ2n) is 2.61. The highest BCUT2D eigenvalue weighted by molar-refractivity contribution is 5.92. The van der Waals surface area contributed by atoms with Gasteiger partial charge in [-0.15, -0.1) is 10.2 Å². The van der Waals surface area contributed by atoms with E-state index in [0.29, 0.717) is 11.4 Å². The van der Waals surface area contributed by atoms with Gasteiger partial charge < -0.3 is 0 Å². The smallest absolute Gasteiger partial charge is 0.288 e. The molecule has 1 amide bonds. The number of carbonyl (C=O) groups is 1. The van der Waals surface area contributed by atoms with Gasteiger partial charge in [-0.1, -0.05) is 0 Å². The van der Waals surface area contributed by atoms with E-state index >= 15 is 0 Å². The first-order valence-electron chi connectivity index (χ1n) is 3.95. The van der Waals surface area contributed by atoms with Crippen LogP contribution in [0.1, 0.15) is 10.5 Å². The molecule has 15 heavy (non-hydrogen) atoms. The first-order chi connectivity index (χ1) is 7.31. The van der Waals surface area contributed by atoms with Gasteiger partial charge in [-0.3, -0.25) is 15.0 Å². The number of pyridine rings is 1. The van der Waals surface area contributed by atoms with Gasteiger partial charge in [0.15, 0.2) is 0 Å². The van der Waals surface area contributed by atoms with Crippen LogP contribution in [0.5, 0.6) is 0 Å². The van der Waals surface area contributed by atoms with Gasteiger partial charge in [-0.25, -0.2) is 5.48 Å². The number of hydrogen-bond donors (Lipinski definition) is 3. The first-order valence-corrected chi connectivity index (χ1v) is 3.95. The van der Waals surface area contributed by atoms with E-state index in [0.717, 1.165) is 0 Å². The van der Waals surface area contributed by atoms with E-state index in [1.807, 2.05) is 0 Å². The van der Waals surface area contributed by atoms with Crippen molar-refractivity contribution in [3.05, 3.63) is 24.0 Å². The maximum Gasteiger partial charge on any atom is 0.293 e. The van der Waals surface area contributed by atoms with Crippen LogP contribution < -0.4 is 5.48 Å². The van der Waals surface area contributed by atoms with Gasteiger partial charge >= 0.3 is 0 Å². The third-order valence-corrected chi connectivity index (χ3v) is 1.70. The molecule has 0 bridgehead atoms. The fraction of sp³-hybridized carbons (Fsp3) is 0. The van der Waals surface area contributed by atoms with Crippen LogP contribution in [-0.4, -0.2) is 36.7 Å². The molecule has 0 spiro atoms. The molecule has 2 aromatic rings. The van der Waals surface area contributed by atoms with Crippen molar-refractivity contribution < 1.29 is 10.0 Å². The highest BCUT2D eigenvalue weighted by Gasteiger charge is 2.09. The molecular formula is C7H6N6O2. The minimum Gasteiger partial charge on any atom is -0.288 e. The molecule has 0 saturated heterocycles. The molecule has 8 nitrogen and oxygen atoms in total. The number of H-pyrrole nitrogens is 1. The number of tetrazole rings is 1. The maximum atomic E-state index is 11.0. The number of rotatable bonds is 2. The summed E-state index contributed by atoms with van der Waals surface area (Å²) < 4.78 is 0. The van der Waals surface area contributed by atoms with E-state index in [2.05, 4.69) is 25.6 Å². The Hall–Kier alpha value is -2.35. The normalized spacial score (nSPS) is 9.93. The molecule has 0 atom stereocenters. The molecule has 2 heterocycles. The monoisotopic (exact) mass is 206 g/mol. The van der Waals surface area contributed by atoms with Gasteiger partial charge in [0, 0.05) is 11.8 Å².